The number of fused-ring (bicyclic) bond motifs is 1. The zero-order valence-corrected chi connectivity index (χ0v) is 17.2. The van der Waals surface area contributed by atoms with Crippen LogP contribution in [-0.4, -0.2) is 21.9 Å². The molecule has 0 atom stereocenters. The monoisotopic (exact) mass is 416 g/mol. The van der Waals surface area contributed by atoms with Crippen molar-refractivity contribution in [1.82, 2.24) is 5.06 Å². The Kier molecular flexibility index (Phi) is 5.20. The van der Waals surface area contributed by atoms with Gasteiger partial charge in [-0.15, -0.1) is 0 Å². The minimum atomic E-state index is -0.192. The van der Waals surface area contributed by atoms with Crippen molar-refractivity contribution in [3.8, 4) is 11.1 Å². The van der Waals surface area contributed by atoms with Crippen LogP contribution in [0.5, 0.6) is 0 Å². The van der Waals surface area contributed by atoms with Gasteiger partial charge in [0.2, 0.25) is 0 Å². The maximum absolute atomic E-state index is 13.1. The number of ketones is 1. The molecule has 0 aliphatic carbocycles. The number of carbonyl (C=O) groups excluding carboxylic acids is 1. The Morgan fingerprint density at radius 1 is 0.688 bits per heavy atom. The number of benzene rings is 4. The minimum absolute atomic E-state index is 0.192. The van der Waals surface area contributed by atoms with Gasteiger partial charge in [0, 0.05) is 22.8 Å². The van der Waals surface area contributed by atoms with Crippen molar-refractivity contribution in [1.29, 1.82) is 0 Å². The smallest absolute Gasteiger partial charge is 0.188 e. The average molecular weight is 416 g/mol. The summed E-state index contributed by atoms with van der Waals surface area (Å²) >= 11 is 0. The van der Waals surface area contributed by atoms with Crippen molar-refractivity contribution in [2.24, 2.45) is 4.99 Å². The summed E-state index contributed by atoms with van der Waals surface area (Å²) < 4.78 is 0. The standard InChI is InChI=1S/C28H20N2O2/c31-27(22-17-15-21(16-18-22)20-9-3-1-4-10-20)19-26-24-13-7-8-14-25(24)29-28(30(26)32)23-11-5-2-6-12-23/h1-19,32H/b26-19-. The number of para-hydroxylation sites is 1. The summed E-state index contributed by atoms with van der Waals surface area (Å²) in [5, 5.41) is 12.0. The molecule has 32 heavy (non-hydrogen) atoms. The summed E-state index contributed by atoms with van der Waals surface area (Å²) in [7, 11) is 0. The summed E-state index contributed by atoms with van der Waals surface area (Å²) in [5.41, 5.74) is 5.24. The largest absolute Gasteiger partial charge is 0.289 e. The van der Waals surface area contributed by atoms with Crippen LogP contribution < -0.4 is 0 Å². The maximum atomic E-state index is 13.1. The lowest BCUT2D eigenvalue weighted by Crippen LogP contribution is -2.30. The van der Waals surface area contributed by atoms with Crippen LogP contribution in [0.4, 0.5) is 5.69 Å². The van der Waals surface area contributed by atoms with Gasteiger partial charge in [-0.05, 0) is 17.2 Å². The first kappa shape index (κ1) is 19.7. The van der Waals surface area contributed by atoms with Crippen LogP contribution in [0.2, 0.25) is 0 Å². The molecule has 0 aromatic heterocycles. The minimum Gasteiger partial charge on any atom is -0.289 e. The highest BCUT2D eigenvalue weighted by molar-refractivity contribution is 6.13. The molecule has 0 fully saturated rings. The van der Waals surface area contributed by atoms with Gasteiger partial charge < -0.3 is 0 Å². The fraction of sp³-hybridized carbons (Fsp3) is 0. The molecule has 1 N–H and O–H groups in total. The Morgan fingerprint density at radius 3 is 1.94 bits per heavy atom. The average Bonchev–Trinajstić information content (AvgIpc) is 2.86. The summed E-state index contributed by atoms with van der Waals surface area (Å²) in [4.78, 5) is 17.7. The SMILES string of the molecule is O=C(/C=C1/c2ccccc2N=C(c2ccccc2)N1O)c1ccc(-c2ccccc2)cc1. The van der Waals surface area contributed by atoms with E-state index in [1.807, 2.05) is 109 Å². The van der Waals surface area contributed by atoms with E-state index in [9.17, 15) is 10.0 Å². The fourth-order valence-electron chi connectivity index (χ4n) is 3.76. The Bertz CT molecular complexity index is 1320. The fourth-order valence-corrected chi connectivity index (χ4v) is 3.76. The Morgan fingerprint density at radius 2 is 1.25 bits per heavy atom. The lowest BCUT2D eigenvalue weighted by atomic mass is 10.00. The lowest BCUT2D eigenvalue weighted by molar-refractivity contribution is 0.0502. The molecule has 4 heteroatoms. The van der Waals surface area contributed by atoms with Gasteiger partial charge in [0.25, 0.3) is 0 Å². The zero-order chi connectivity index (χ0) is 21.9. The van der Waals surface area contributed by atoms with E-state index in [4.69, 9.17) is 0 Å². The molecule has 0 amide bonds. The molecule has 4 aromatic carbocycles. The van der Waals surface area contributed by atoms with Gasteiger partial charge in [-0.2, -0.15) is 0 Å². The van der Waals surface area contributed by atoms with Gasteiger partial charge in [0.15, 0.2) is 11.6 Å². The molecule has 154 valence electrons. The maximum Gasteiger partial charge on any atom is 0.188 e. The van der Waals surface area contributed by atoms with E-state index in [1.165, 1.54) is 6.08 Å². The van der Waals surface area contributed by atoms with Gasteiger partial charge in [-0.1, -0.05) is 103 Å². The van der Waals surface area contributed by atoms with E-state index >= 15 is 0 Å². The summed E-state index contributed by atoms with van der Waals surface area (Å²) in [6.07, 6.45) is 1.47. The highest BCUT2D eigenvalue weighted by Gasteiger charge is 2.25. The topological polar surface area (TPSA) is 52.9 Å². The van der Waals surface area contributed by atoms with Crippen LogP contribution in [0.25, 0.3) is 16.8 Å². The van der Waals surface area contributed by atoms with Crippen LogP contribution >= 0.6 is 0 Å². The number of amidine groups is 1. The molecular formula is C28H20N2O2. The number of hydrogen-bond donors (Lipinski definition) is 1. The zero-order valence-electron chi connectivity index (χ0n) is 17.2. The molecule has 0 saturated carbocycles. The number of nitrogens with zero attached hydrogens (tertiary/aromatic N) is 2. The molecule has 0 radical (unpaired) electrons. The summed E-state index contributed by atoms with van der Waals surface area (Å²) in [5.74, 6) is 0.186. The first-order valence-corrected chi connectivity index (χ1v) is 10.3. The highest BCUT2D eigenvalue weighted by atomic mass is 16.5. The third-order valence-electron chi connectivity index (χ3n) is 5.41. The number of aliphatic imine (C=N–C) groups is 1. The van der Waals surface area contributed by atoms with Crippen LogP contribution in [0.15, 0.2) is 120 Å². The second-order valence-electron chi connectivity index (χ2n) is 7.47. The van der Waals surface area contributed by atoms with E-state index < -0.39 is 0 Å². The van der Waals surface area contributed by atoms with Gasteiger partial charge in [-0.25, -0.2) is 10.1 Å². The number of allylic oxidation sites excluding steroid dienone is 1. The van der Waals surface area contributed by atoms with Crippen molar-refractivity contribution in [3.05, 3.63) is 132 Å². The third-order valence-corrected chi connectivity index (χ3v) is 5.41. The van der Waals surface area contributed by atoms with E-state index in [2.05, 4.69) is 4.99 Å². The first-order valence-electron chi connectivity index (χ1n) is 10.3. The summed E-state index contributed by atoms with van der Waals surface area (Å²) in [6.45, 7) is 0. The van der Waals surface area contributed by atoms with E-state index in [-0.39, 0.29) is 5.78 Å². The van der Waals surface area contributed by atoms with E-state index in [0.717, 1.165) is 21.8 Å². The number of hydroxylamine groups is 2. The van der Waals surface area contributed by atoms with Crippen molar-refractivity contribution in [3.63, 3.8) is 0 Å². The molecule has 1 heterocycles. The Balaban J connectivity index is 1.51. The van der Waals surface area contributed by atoms with Gasteiger partial charge >= 0.3 is 0 Å². The van der Waals surface area contributed by atoms with Crippen molar-refractivity contribution < 1.29 is 10.0 Å². The van der Waals surface area contributed by atoms with E-state index in [0.29, 0.717) is 28.3 Å². The lowest BCUT2D eigenvalue weighted by Gasteiger charge is -2.27. The number of hydrogen-bond acceptors (Lipinski definition) is 4. The molecule has 4 nitrogen and oxygen atoms in total. The molecule has 0 unspecified atom stereocenters. The van der Waals surface area contributed by atoms with Crippen LogP contribution in [0, 0.1) is 0 Å². The quantitative estimate of drug-likeness (QED) is 0.311. The second-order valence-corrected chi connectivity index (χ2v) is 7.47. The van der Waals surface area contributed by atoms with E-state index in [1.54, 1.807) is 0 Å². The van der Waals surface area contributed by atoms with Gasteiger partial charge in [-0.3, -0.25) is 10.0 Å². The normalized spacial score (nSPS) is 14.1. The van der Waals surface area contributed by atoms with Gasteiger partial charge in [0.05, 0.1) is 11.4 Å². The van der Waals surface area contributed by atoms with Crippen LogP contribution in [-0.2, 0) is 0 Å². The van der Waals surface area contributed by atoms with Gasteiger partial charge in [0.1, 0.15) is 0 Å². The first-order chi connectivity index (χ1) is 15.7. The molecule has 1 aliphatic rings. The molecule has 1 aliphatic heterocycles. The second kappa shape index (κ2) is 8.46. The summed E-state index contributed by atoms with van der Waals surface area (Å²) in [6, 6.07) is 34.4. The third kappa shape index (κ3) is 3.75. The van der Waals surface area contributed by atoms with Crippen LogP contribution in [0.3, 0.4) is 0 Å². The van der Waals surface area contributed by atoms with Crippen LogP contribution in [0.1, 0.15) is 21.5 Å². The highest BCUT2D eigenvalue weighted by Crippen LogP contribution is 2.34. The number of carbonyl (C=O) groups is 1. The molecule has 0 saturated heterocycles. The predicted octanol–water partition coefficient (Wildman–Crippen LogP) is 6.36. The molecule has 5 rings (SSSR count). The predicted molar refractivity (Wildman–Crippen MR) is 127 cm³/mol. The number of rotatable bonds is 4. The molecule has 0 spiro atoms. The van der Waals surface area contributed by atoms with Crippen molar-refractivity contribution >= 4 is 23.0 Å². The van der Waals surface area contributed by atoms with Crippen molar-refractivity contribution in [2.45, 2.75) is 0 Å². The molecule has 4 aromatic rings. The Labute approximate surface area is 186 Å². The molecule has 0 bridgehead atoms. The Hall–Kier alpha value is -4.28. The van der Waals surface area contributed by atoms with Crippen molar-refractivity contribution in [2.75, 3.05) is 0 Å². The molecular weight excluding hydrogens is 396 g/mol.